The fraction of sp³-hybridized carbons (Fsp3) is 0.190. The molecule has 3 rings (SSSR count). The van der Waals surface area contributed by atoms with Gasteiger partial charge in [-0.05, 0) is 42.8 Å². The Labute approximate surface area is 167 Å². The molecule has 0 atom stereocenters. The number of aryl methyl sites for hydroxylation is 1. The molecule has 0 radical (unpaired) electrons. The molecule has 3 aromatic rings. The summed E-state index contributed by atoms with van der Waals surface area (Å²) < 4.78 is 15.4. The molecule has 2 amide bonds. The average molecular weight is 395 g/mol. The second-order valence-electron chi connectivity index (χ2n) is 6.23. The standard InChI is InChI=1S/C21H21N3O5/c1-13-9-19(24-29-13)23-21(26)16-6-4-5-15(11-16)20(25)22-12-14-7-8-17(27-2)18(10-14)28-3/h4-11H,12H2,1-3H3,(H,22,25)(H,23,24,26). The zero-order chi connectivity index (χ0) is 20.8. The summed E-state index contributed by atoms with van der Waals surface area (Å²) in [6.07, 6.45) is 0. The topological polar surface area (TPSA) is 103 Å². The number of carbonyl (C=O) groups is 2. The van der Waals surface area contributed by atoms with Crippen molar-refractivity contribution < 1.29 is 23.6 Å². The van der Waals surface area contributed by atoms with E-state index in [1.807, 2.05) is 6.07 Å². The van der Waals surface area contributed by atoms with E-state index in [2.05, 4.69) is 15.8 Å². The molecule has 29 heavy (non-hydrogen) atoms. The average Bonchev–Trinajstić information content (AvgIpc) is 3.16. The molecule has 1 aromatic heterocycles. The Morgan fingerprint density at radius 1 is 0.966 bits per heavy atom. The summed E-state index contributed by atoms with van der Waals surface area (Å²) in [5, 5.41) is 9.18. The number of hydrogen-bond acceptors (Lipinski definition) is 6. The zero-order valence-electron chi connectivity index (χ0n) is 16.3. The number of nitrogens with zero attached hydrogens (tertiary/aromatic N) is 1. The Bertz CT molecular complexity index is 1030. The van der Waals surface area contributed by atoms with Crippen LogP contribution < -0.4 is 20.1 Å². The van der Waals surface area contributed by atoms with Gasteiger partial charge in [0.05, 0.1) is 14.2 Å². The Kier molecular flexibility index (Phi) is 6.13. The predicted molar refractivity (Wildman–Crippen MR) is 106 cm³/mol. The van der Waals surface area contributed by atoms with Crippen LogP contribution in [0.4, 0.5) is 5.82 Å². The van der Waals surface area contributed by atoms with Crippen LogP contribution >= 0.6 is 0 Å². The molecule has 0 bridgehead atoms. The van der Waals surface area contributed by atoms with Crippen molar-refractivity contribution in [2.45, 2.75) is 13.5 Å². The van der Waals surface area contributed by atoms with E-state index in [0.717, 1.165) is 5.56 Å². The van der Waals surface area contributed by atoms with E-state index >= 15 is 0 Å². The van der Waals surface area contributed by atoms with Crippen LogP contribution in [0.15, 0.2) is 53.1 Å². The van der Waals surface area contributed by atoms with E-state index in [-0.39, 0.29) is 11.8 Å². The van der Waals surface area contributed by atoms with E-state index in [1.54, 1.807) is 57.5 Å². The third-order valence-electron chi connectivity index (χ3n) is 4.16. The largest absolute Gasteiger partial charge is 0.493 e. The molecule has 0 fully saturated rings. The number of anilines is 1. The molecule has 8 nitrogen and oxygen atoms in total. The molecule has 0 saturated carbocycles. The van der Waals surface area contributed by atoms with Gasteiger partial charge in [0.15, 0.2) is 17.3 Å². The lowest BCUT2D eigenvalue weighted by Gasteiger charge is -2.11. The van der Waals surface area contributed by atoms with Gasteiger partial charge in [0.25, 0.3) is 11.8 Å². The zero-order valence-corrected chi connectivity index (χ0v) is 16.3. The molecule has 0 aliphatic carbocycles. The lowest BCUT2D eigenvalue weighted by molar-refractivity contribution is 0.0951. The molecule has 150 valence electrons. The van der Waals surface area contributed by atoms with Gasteiger partial charge in [0.1, 0.15) is 5.76 Å². The van der Waals surface area contributed by atoms with Crippen molar-refractivity contribution in [3.8, 4) is 11.5 Å². The first kappa shape index (κ1) is 19.9. The third kappa shape index (κ3) is 4.92. The molecule has 2 aromatic carbocycles. The molecular weight excluding hydrogens is 374 g/mol. The normalized spacial score (nSPS) is 10.3. The molecular formula is C21H21N3O5. The predicted octanol–water partition coefficient (Wildman–Crippen LogP) is 3.18. The van der Waals surface area contributed by atoms with Crippen LogP contribution in [0, 0.1) is 6.92 Å². The van der Waals surface area contributed by atoms with Crippen LogP contribution in [0.2, 0.25) is 0 Å². The van der Waals surface area contributed by atoms with Crippen molar-refractivity contribution in [2.75, 3.05) is 19.5 Å². The third-order valence-corrected chi connectivity index (χ3v) is 4.16. The lowest BCUT2D eigenvalue weighted by atomic mass is 10.1. The number of ether oxygens (including phenoxy) is 2. The summed E-state index contributed by atoms with van der Waals surface area (Å²) in [6.45, 7) is 2.03. The van der Waals surface area contributed by atoms with Crippen molar-refractivity contribution in [3.05, 3.63) is 71.0 Å². The number of amides is 2. The second kappa shape index (κ2) is 8.92. The van der Waals surface area contributed by atoms with Crippen molar-refractivity contribution in [2.24, 2.45) is 0 Å². The highest BCUT2D eigenvalue weighted by molar-refractivity contribution is 6.05. The van der Waals surface area contributed by atoms with E-state index in [9.17, 15) is 9.59 Å². The van der Waals surface area contributed by atoms with Crippen LogP contribution in [-0.2, 0) is 6.54 Å². The Balaban J connectivity index is 1.65. The van der Waals surface area contributed by atoms with Gasteiger partial charge in [-0.25, -0.2) is 0 Å². The minimum atomic E-state index is -0.382. The van der Waals surface area contributed by atoms with Gasteiger partial charge in [-0.3, -0.25) is 9.59 Å². The number of methoxy groups -OCH3 is 2. The van der Waals surface area contributed by atoms with Gasteiger partial charge in [0, 0.05) is 23.7 Å². The maximum atomic E-state index is 12.5. The summed E-state index contributed by atoms with van der Waals surface area (Å²) in [6, 6.07) is 13.4. The van der Waals surface area contributed by atoms with Crippen molar-refractivity contribution >= 4 is 17.6 Å². The minimum absolute atomic E-state index is 0.299. The number of rotatable bonds is 7. The van der Waals surface area contributed by atoms with E-state index in [1.165, 1.54) is 6.07 Å². The van der Waals surface area contributed by atoms with Crippen LogP contribution in [0.3, 0.4) is 0 Å². The number of carbonyl (C=O) groups excluding carboxylic acids is 2. The Morgan fingerprint density at radius 2 is 1.69 bits per heavy atom. The van der Waals surface area contributed by atoms with E-state index < -0.39 is 0 Å². The quantitative estimate of drug-likeness (QED) is 0.637. The summed E-state index contributed by atoms with van der Waals surface area (Å²) in [7, 11) is 3.11. The molecule has 2 N–H and O–H groups in total. The molecule has 1 heterocycles. The summed E-state index contributed by atoms with van der Waals surface area (Å²) >= 11 is 0. The van der Waals surface area contributed by atoms with Crippen molar-refractivity contribution in [3.63, 3.8) is 0 Å². The highest BCUT2D eigenvalue weighted by Crippen LogP contribution is 2.27. The maximum absolute atomic E-state index is 12.5. The number of hydrogen-bond donors (Lipinski definition) is 2. The fourth-order valence-corrected chi connectivity index (χ4v) is 2.69. The van der Waals surface area contributed by atoms with Crippen molar-refractivity contribution in [1.29, 1.82) is 0 Å². The minimum Gasteiger partial charge on any atom is -0.493 e. The van der Waals surface area contributed by atoms with Crippen LogP contribution in [0.25, 0.3) is 0 Å². The fourth-order valence-electron chi connectivity index (χ4n) is 2.69. The second-order valence-corrected chi connectivity index (χ2v) is 6.23. The molecule has 0 spiro atoms. The molecule has 8 heteroatoms. The van der Waals surface area contributed by atoms with E-state index in [0.29, 0.717) is 40.7 Å². The van der Waals surface area contributed by atoms with Crippen molar-refractivity contribution in [1.82, 2.24) is 10.5 Å². The smallest absolute Gasteiger partial charge is 0.256 e. The molecule has 0 aliphatic rings. The number of benzene rings is 2. The van der Waals surface area contributed by atoms with Crippen LogP contribution in [0.1, 0.15) is 32.0 Å². The van der Waals surface area contributed by atoms with Gasteiger partial charge in [-0.1, -0.05) is 17.3 Å². The van der Waals surface area contributed by atoms with Gasteiger partial charge < -0.3 is 24.6 Å². The summed E-state index contributed by atoms with van der Waals surface area (Å²) in [5.41, 5.74) is 1.56. The lowest BCUT2D eigenvalue weighted by Crippen LogP contribution is -2.23. The SMILES string of the molecule is COc1ccc(CNC(=O)c2cccc(C(=O)Nc3cc(C)on3)c2)cc1OC. The maximum Gasteiger partial charge on any atom is 0.256 e. The molecule has 0 aliphatic heterocycles. The van der Waals surface area contributed by atoms with Gasteiger partial charge in [-0.2, -0.15) is 0 Å². The van der Waals surface area contributed by atoms with Gasteiger partial charge in [-0.15, -0.1) is 0 Å². The molecule has 0 unspecified atom stereocenters. The molecule has 0 saturated heterocycles. The first-order valence-corrected chi connectivity index (χ1v) is 8.84. The highest BCUT2D eigenvalue weighted by atomic mass is 16.5. The summed E-state index contributed by atoms with van der Waals surface area (Å²) in [5.74, 6) is 1.42. The number of aromatic nitrogens is 1. The van der Waals surface area contributed by atoms with E-state index in [4.69, 9.17) is 14.0 Å². The van der Waals surface area contributed by atoms with Crippen LogP contribution in [-0.4, -0.2) is 31.2 Å². The Hall–Kier alpha value is -3.81. The first-order chi connectivity index (χ1) is 14.0. The highest BCUT2D eigenvalue weighted by Gasteiger charge is 2.13. The number of nitrogens with one attached hydrogen (secondary N) is 2. The van der Waals surface area contributed by atoms with Crippen LogP contribution in [0.5, 0.6) is 11.5 Å². The van der Waals surface area contributed by atoms with Gasteiger partial charge >= 0.3 is 0 Å². The first-order valence-electron chi connectivity index (χ1n) is 8.84. The Morgan fingerprint density at radius 3 is 2.34 bits per heavy atom. The van der Waals surface area contributed by atoms with Gasteiger partial charge in [0.2, 0.25) is 0 Å². The summed E-state index contributed by atoms with van der Waals surface area (Å²) in [4.78, 5) is 24.9. The monoisotopic (exact) mass is 395 g/mol.